The Labute approximate surface area is 106 Å². The lowest BCUT2D eigenvalue weighted by Gasteiger charge is -2.03. The third-order valence-electron chi connectivity index (χ3n) is 1.82. The van der Waals surface area contributed by atoms with Crippen molar-refractivity contribution in [3.63, 3.8) is 0 Å². The molecule has 0 fully saturated rings. The second-order valence-corrected chi connectivity index (χ2v) is 4.25. The van der Waals surface area contributed by atoms with Gasteiger partial charge in [0.1, 0.15) is 0 Å². The minimum absolute atomic E-state index is 0. The second-order valence-electron chi connectivity index (χ2n) is 2.86. The van der Waals surface area contributed by atoms with E-state index in [9.17, 15) is 8.42 Å². The van der Waals surface area contributed by atoms with Crippen LogP contribution >= 0.6 is 0 Å². The summed E-state index contributed by atoms with van der Waals surface area (Å²) in [4.78, 5) is -0.0156. The smallest absolute Gasteiger partial charge is 0.282 e. The molecule has 0 unspecified atom stereocenters. The van der Waals surface area contributed by atoms with Crippen molar-refractivity contribution < 1.29 is 13.0 Å². The van der Waals surface area contributed by atoms with Gasteiger partial charge in [0.05, 0.1) is 4.90 Å². The van der Waals surface area contributed by atoms with Crippen LogP contribution in [-0.4, -0.2) is 36.0 Å². The topological polar surface area (TPSA) is 54.4 Å². The van der Waals surface area contributed by atoms with Gasteiger partial charge in [-0.15, -0.1) is 0 Å². The first-order valence-electron chi connectivity index (χ1n) is 4.22. The fourth-order valence-electron chi connectivity index (χ4n) is 1.17. The fraction of sp³-hybridized carbons (Fsp3) is 0.200. The zero-order chi connectivity index (χ0) is 10.6. The van der Waals surface area contributed by atoms with E-state index in [1.165, 1.54) is 6.07 Å². The molecule has 1 aromatic rings. The minimum Gasteiger partial charge on any atom is -0.282 e. The summed E-state index contributed by atoms with van der Waals surface area (Å²) in [5.74, 6) is 0. The number of allylic oxidation sites excluding steroid dienone is 2. The highest BCUT2D eigenvalue weighted by atomic mass is 32.2. The average molecular weight is 239 g/mol. The van der Waals surface area contributed by atoms with Gasteiger partial charge in [0, 0.05) is 0 Å². The van der Waals surface area contributed by atoms with Crippen LogP contribution in [0.4, 0.5) is 0 Å². The maximum atomic E-state index is 10.9. The van der Waals surface area contributed by atoms with E-state index in [2.05, 4.69) is 0 Å². The van der Waals surface area contributed by atoms with Crippen LogP contribution in [0.5, 0.6) is 0 Å². The van der Waals surface area contributed by atoms with E-state index in [0.29, 0.717) is 12.0 Å². The highest BCUT2D eigenvalue weighted by molar-refractivity contribution is 7.85. The van der Waals surface area contributed by atoms with Crippen LogP contribution in [0.1, 0.15) is 12.5 Å². The molecule has 0 radical (unpaired) electrons. The Morgan fingerprint density at radius 2 is 1.93 bits per heavy atom. The van der Waals surface area contributed by atoms with E-state index in [1.807, 2.05) is 19.1 Å². The normalized spacial score (nSPS) is 11.3. The molecule has 1 N–H and O–H groups in total. The number of benzene rings is 1. The molecule has 80 valence electrons. The molecular weight excluding hydrogens is 224 g/mol. The van der Waals surface area contributed by atoms with Crippen molar-refractivity contribution >= 4 is 33.2 Å². The summed E-state index contributed by atoms with van der Waals surface area (Å²) in [6.45, 7) is 1.86. The van der Waals surface area contributed by atoms with Crippen LogP contribution in [-0.2, 0) is 16.5 Å². The monoisotopic (exact) mass is 238 g/mol. The molecule has 1 rings (SSSR count). The van der Waals surface area contributed by atoms with E-state index in [4.69, 9.17) is 4.55 Å². The molecule has 0 spiro atoms. The van der Waals surface area contributed by atoms with Crippen molar-refractivity contribution in [2.75, 3.05) is 0 Å². The summed E-state index contributed by atoms with van der Waals surface area (Å²) in [7, 11) is -4.10. The van der Waals surface area contributed by atoms with E-state index >= 15 is 0 Å². The molecule has 15 heavy (non-hydrogen) atoms. The lowest BCUT2D eigenvalue weighted by Crippen LogP contribution is -2.02. The van der Waals surface area contributed by atoms with Crippen molar-refractivity contribution in [1.82, 2.24) is 0 Å². The first-order chi connectivity index (χ1) is 6.55. The average Bonchev–Trinajstić information content (AvgIpc) is 2.14. The maximum Gasteiger partial charge on any atom is 0.316 e. The highest BCUT2D eigenvalue weighted by Gasteiger charge is 2.12. The van der Waals surface area contributed by atoms with Gasteiger partial charge in [-0.2, -0.15) is 8.42 Å². The molecule has 0 amide bonds. The first-order valence-corrected chi connectivity index (χ1v) is 5.66. The van der Waals surface area contributed by atoms with Gasteiger partial charge in [-0.05, 0) is 25.0 Å². The third-order valence-corrected chi connectivity index (χ3v) is 2.78. The molecule has 1 aromatic carbocycles. The van der Waals surface area contributed by atoms with Crippen molar-refractivity contribution in [2.45, 2.75) is 18.2 Å². The molecule has 0 bridgehead atoms. The molecule has 3 nitrogen and oxygen atoms in total. The Balaban J connectivity index is 0.00000196. The van der Waals surface area contributed by atoms with Gasteiger partial charge >= 0.3 is 23.1 Å². The molecular formula is C10H14MgO3S. The van der Waals surface area contributed by atoms with Crippen molar-refractivity contribution in [3.8, 4) is 0 Å². The SMILES string of the molecule is CC=CCc1ccccc1S(=O)(=O)O.[MgH2]. The van der Waals surface area contributed by atoms with Gasteiger partial charge in [-0.1, -0.05) is 30.4 Å². The Hall–Kier alpha value is -0.364. The zero-order valence-corrected chi connectivity index (χ0v) is 8.66. The van der Waals surface area contributed by atoms with Crippen molar-refractivity contribution in [1.29, 1.82) is 0 Å². The molecule has 0 aliphatic rings. The number of hydrogen-bond acceptors (Lipinski definition) is 2. The first kappa shape index (κ1) is 14.6. The van der Waals surface area contributed by atoms with E-state index in [1.54, 1.807) is 18.2 Å². The van der Waals surface area contributed by atoms with Crippen molar-refractivity contribution in [3.05, 3.63) is 42.0 Å². The number of rotatable bonds is 3. The summed E-state index contributed by atoms with van der Waals surface area (Å²) in [6, 6.07) is 6.41. The van der Waals surface area contributed by atoms with Gasteiger partial charge in [0.2, 0.25) is 0 Å². The summed E-state index contributed by atoms with van der Waals surface area (Å²) >= 11 is 0. The predicted molar refractivity (Wildman–Crippen MR) is 63.3 cm³/mol. The maximum absolute atomic E-state index is 10.9. The summed E-state index contributed by atoms with van der Waals surface area (Å²) in [5, 5.41) is 0. The third kappa shape index (κ3) is 4.34. The molecule has 0 aliphatic carbocycles. The number of hydrogen-bond donors (Lipinski definition) is 1. The lowest BCUT2D eigenvalue weighted by atomic mass is 10.1. The molecule has 0 aliphatic heterocycles. The molecule has 0 aromatic heterocycles. The van der Waals surface area contributed by atoms with Crippen LogP contribution in [0.2, 0.25) is 0 Å². The van der Waals surface area contributed by atoms with Gasteiger partial charge in [0.15, 0.2) is 0 Å². The van der Waals surface area contributed by atoms with Crippen LogP contribution in [0, 0.1) is 0 Å². The molecule has 0 heterocycles. The minimum atomic E-state index is -4.10. The van der Waals surface area contributed by atoms with E-state index in [-0.39, 0.29) is 27.9 Å². The Bertz CT molecular complexity index is 438. The zero-order valence-electron chi connectivity index (χ0n) is 7.84. The summed E-state index contributed by atoms with van der Waals surface area (Å²) in [5.41, 5.74) is 0.605. The van der Waals surface area contributed by atoms with Crippen LogP contribution in [0.25, 0.3) is 0 Å². The molecule has 5 heteroatoms. The summed E-state index contributed by atoms with van der Waals surface area (Å²) < 4.78 is 30.8. The molecule has 0 atom stereocenters. The van der Waals surface area contributed by atoms with Crippen LogP contribution in [0.15, 0.2) is 41.3 Å². The lowest BCUT2D eigenvalue weighted by molar-refractivity contribution is 0.482. The molecule has 0 saturated heterocycles. The van der Waals surface area contributed by atoms with Crippen molar-refractivity contribution in [2.24, 2.45) is 0 Å². The standard InChI is InChI=1S/C10H12O3S.Mg.2H/c1-2-3-6-9-7-4-5-8-10(9)14(11,12)13;;;/h2-5,7-8H,6H2,1H3,(H,11,12,13);;;. The second kappa shape index (κ2) is 6.27. The van der Waals surface area contributed by atoms with E-state index in [0.717, 1.165) is 0 Å². The largest absolute Gasteiger partial charge is 0.316 e. The van der Waals surface area contributed by atoms with Gasteiger partial charge in [-0.3, -0.25) is 4.55 Å². The van der Waals surface area contributed by atoms with Crippen LogP contribution in [0.3, 0.4) is 0 Å². The van der Waals surface area contributed by atoms with E-state index < -0.39 is 10.1 Å². The highest BCUT2D eigenvalue weighted by Crippen LogP contribution is 2.15. The summed E-state index contributed by atoms with van der Waals surface area (Å²) in [6.07, 6.45) is 4.18. The predicted octanol–water partition coefficient (Wildman–Crippen LogP) is 1.14. The quantitative estimate of drug-likeness (QED) is 0.488. The fourth-order valence-corrected chi connectivity index (χ4v) is 1.90. The van der Waals surface area contributed by atoms with Gasteiger partial charge < -0.3 is 0 Å². The van der Waals surface area contributed by atoms with Gasteiger partial charge in [-0.25, -0.2) is 0 Å². The molecule has 0 saturated carbocycles. The van der Waals surface area contributed by atoms with Gasteiger partial charge in [0.25, 0.3) is 10.1 Å². The Kier molecular flexibility index (Phi) is 6.12. The Morgan fingerprint density at radius 3 is 2.47 bits per heavy atom. The Morgan fingerprint density at radius 1 is 1.33 bits per heavy atom. The van der Waals surface area contributed by atoms with Crippen LogP contribution < -0.4 is 0 Å².